The molecular weight excluding hydrogens is 274 g/mol. The quantitative estimate of drug-likeness (QED) is 0.876. The van der Waals surface area contributed by atoms with Crippen molar-refractivity contribution in [3.8, 4) is 11.1 Å². The minimum absolute atomic E-state index is 0.0189. The minimum Gasteiger partial charge on any atom is -0.481 e. The maximum Gasteiger partial charge on any atom is 0.303 e. The second kappa shape index (κ2) is 7.23. The molecule has 0 fully saturated rings. The molecule has 0 aliphatic rings. The van der Waals surface area contributed by atoms with Crippen LogP contribution in [0.3, 0.4) is 0 Å². The average molecular weight is 297 g/mol. The summed E-state index contributed by atoms with van der Waals surface area (Å²) in [7, 11) is 4.11. The first kappa shape index (κ1) is 16.2. The summed E-state index contributed by atoms with van der Waals surface area (Å²) in [5.41, 5.74) is 4.64. The van der Waals surface area contributed by atoms with Crippen molar-refractivity contribution < 1.29 is 9.90 Å². The summed E-state index contributed by atoms with van der Waals surface area (Å²) in [6, 6.07) is 16.7. The molecule has 1 atom stereocenters. The lowest BCUT2D eigenvalue weighted by Gasteiger charge is -2.12. The fourth-order valence-electron chi connectivity index (χ4n) is 2.57. The summed E-state index contributed by atoms with van der Waals surface area (Å²) in [5.74, 6) is -0.739. The summed E-state index contributed by atoms with van der Waals surface area (Å²) < 4.78 is 0. The Morgan fingerprint density at radius 2 is 1.77 bits per heavy atom. The average Bonchev–Trinajstić information content (AvgIpc) is 2.47. The van der Waals surface area contributed by atoms with E-state index >= 15 is 0 Å². The smallest absolute Gasteiger partial charge is 0.303 e. The van der Waals surface area contributed by atoms with Crippen LogP contribution in [-0.4, -0.2) is 30.1 Å². The zero-order valence-electron chi connectivity index (χ0n) is 13.4. The van der Waals surface area contributed by atoms with E-state index in [4.69, 9.17) is 5.11 Å². The Hall–Kier alpha value is -2.13. The lowest BCUT2D eigenvalue weighted by molar-refractivity contribution is -0.137. The molecule has 0 aliphatic heterocycles. The van der Waals surface area contributed by atoms with Crippen LogP contribution < -0.4 is 0 Å². The van der Waals surface area contributed by atoms with Crippen molar-refractivity contribution in [3.63, 3.8) is 0 Å². The summed E-state index contributed by atoms with van der Waals surface area (Å²) >= 11 is 0. The van der Waals surface area contributed by atoms with Crippen LogP contribution in [0.1, 0.15) is 30.4 Å². The third kappa shape index (κ3) is 4.43. The molecule has 3 nitrogen and oxygen atoms in total. The fraction of sp³-hybridized carbons (Fsp3) is 0.316. The van der Waals surface area contributed by atoms with Crippen LogP contribution in [0.15, 0.2) is 48.5 Å². The van der Waals surface area contributed by atoms with Crippen LogP contribution in [0.4, 0.5) is 0 Å². The Kier molecular flexibility index (Phi) is 5.34. The van der Waals surface area contributed by atoms with Crippen LogP contribution in [0.2, 0.25) is 0 Å². The highest BCUT2D eigenvalue weighted by Crippen LogP contribution is 2.26. The summed E-state index contributed by atoms with van der Waals surface area (Å²) in [6.45, 7) is 2.88. The largest absolute Gasteiger partial charge is 0.481 e. The summed E-state index contributed by atoms with van der Waals surface area (Å²) in [5, 5.41) is 8.93. The molecule has 0 saturated carbocycles. The highest BCUT2D eigenvalue weighted by Gasteiger charge is 2.11. The van der Waals surface area contributed by atoms with E-state index in [2.05, 4.69) is 55.4 Å². The van der Waals surface area contributed by atoms with Crippen LogP contribution in [-0.2, 0) is 11.3 Å². The zero-order valence-corrected chi connectivity index (χ0v) is 13.4. The van der Waals surface area contributed by atoms with Gasteiger partial charge in [-0.15, -0.1) is 0 Å². The van der Waals surface area contributed by atoms with Crippen LogP contribution in [0.5, 0.6) is 0 Å². The Morgan fingerprint density at radius 3 is 2.36 bits per heavy atom. The number of aliphatic carboxylic acids is 1. The van der Waals surface area contributed by atoms with E-state index in [1.165, 1.54) is 5.56 Å². The SMILES string of the molecule is CC(CC(=O)O)c1cccc(-c2ccc(CN(C)C)cc2)c1. The molecule has 0 heterocycles. The monoisotopic (exact) mass is 297 g/mol. The molecule has 3 heteroatoms. The molecule has 2 aromatic carbocycles. The van der Waals surface area contributed by atoms with E-state index in [9.17, 15) is 4.79 Å². The van der Waals surface area contributed by atoms with Crippen LogP contribution in [0, 0.1) is 0 Å². The minimum atomic E-state index is -0.758. The first-order valence-corrected chi connectivity index (χ1v) is 7.51. The first-order chi connectivity index (χ1) is 10.5. The molecule has 2 rings (SSSR count). The molecule has 0 aromatic heterocycles. The molecule has 2 aromatic rings. The summed E-state index contributed by atoms with van der Waals surface area (Å²) in [4.78, 5) is 13.0. The predicted molar refractivity (Wildman–Crippen MR) is 89.9 cm³/mol. The van der Waals surface area contributed by atoms with Gasteiger partial charge in [0, 0.05) is 6.54 Å². The Balaban J connectivity index is 2.20. The Labute approximate surface area is 132 Å². The van der Waals surface area contributed by atoms with Crippen molar-refractivity contribution in [3.05, 3.63) is 59.7 Å². The third-order valence-corrected chi connectivity index (χ3v) is 3.72. The molecule has 0 saturated heterocycles. The van der Waals surface area contributed by atoms with Crippen molar-refractivity contribution in [2.45, 2.75) is 25.8 Å². The molecule has 22 heavy (non-hydrogen) atoms. The van der Waals surface area contributed by atoms with Crippen LogP contribution >= 0.6 is 0 Å². The van der Waals surface area contributed by atoms with Gasteiger partial charge in [0.05, 0.1) is 6.42 Å². The number of carboxylic acids is 1. The number of rotatable bonds is 6. The molecule has 0 aliphatic carbocycles. The van der Waals surface area contributed by atoms with Gasteiger partial charge in [-0.05, 0) is 42.3 Å². The number of carboxylic acid groups (broad SMARTS) is 1. The van der Waals surface area contributed by atoms with Gasteiger partial charge in [-0.3, -0.25) is 4.79 Å². The maximum absolute atomic E-state index is 10.9. The number of hydrogen-bond donors (Lipinski definition) is 1. The van der Waals surface area contributed by atoms with Gasteiger partial charge in [-0.1, -0.05) is 55.5 Å². The van der Waals surface area contributed by atoms with Gasteiger partial charge in [0.15, 0.2) is 0 Å². The number of nitrogens with zero attached hydrogens (tertiary/aromatic N) is 1. The molecule has 1 unspecified atom stereocenters. The summed E-state index contributed by atoms with van der Waals surface area (Å²) in [6.07, 6.45) is 0.158. The number of carbonyl (C=O) groups is 1. The van der Waals surface area contributed by atoms with Gasteiger partial charge >= 0.3 is 5.97 Å². The molecule has 0 bridgehead atoms. The van der Waals surface area contributed by atoms with E-state index in [-0.39, 0.29) is 12.3 Å². The maximum atomic E-state index is 10.9. The fourth-order valence-corrected chi connectivity index (χ4v) is 2.57. The number of benzene rings is 2. The molecule has 0 amide bonds. The highest BCUT2D eigenvalue weighted by atomic mass is 16.4. The lowest BCUT2D eigenvalue weighted by Crippen LogP contribution is -2.10. The predicted octanol–water partition coefficient (Wildman–Crippen LogP) is 3.99. The third-order valence-electron chi connectivity index (χ3n) is 3.72. The number of hydrogen-bond acceptors (Lipinski definition) is 2. The second-order valence-corrected chi connectivity index (χ2v) is 6.06. The van der Waals surface area contributed by atoms with Crippen molar-refractivity contribution >= 4 is 5.97 Å². The van der Waals surface area contributed by atoms with Crippen molar-refractivity contribution in [2.24, 2.45) is 0 Å². The highest BCUT2D eigenvalue weighted by molar-refractivity contribution is 5.69. The molecule has 1 N–H and O–H groups in total. The Bertz CT molecular complexity index is 632. The van der Waals surface area contributed by atoms with Gasteiger partial charge in [0.25, 0.3) is 0 Å². The van der Waals surface area contributed by atoms with Crippen LogP contribution in [0.25, 0.3) is 11.1 Å². The molecule has 0 spiro atoms. The van der Waals surface area contributed by atoms with Crippen molar-refractivity contribution in [1.82, 2.24) is 4.90 Å². The zero-order chi connectivity index (χ0) is 16.1. The second-order valence-electron chi connectivity index (χ2n) is 6.06. The molecule has 116 valence electrons. The normalized spacial score (nSPS) is 12.4. The van der Waals surface area contributed by atoms with Crippen molar-refractivity contribution in [1.29, 1.82) is 0 Å². The van der Waals surface area contributed by atoms with Gasteiger partial charge in [-0.2, -0.15) is 0 Å². The standard InChI is InChI=1S/C19H23NO2/c1-14(11-19(21)22)17-5-4-6-18(12-17)16-9-7-15(8-10-16)13-20(2)3/h4-10,12,14H,11,13H2,1-3H3,(H,21,22). The lowest BCUT2D eigenvalue weighted by atomic mass is 9.94. The first-order valence-electron chi connectivity index (χ1n) is 7.51. The molecular formula is C19H23NO2. The van der Waals surface area contributed by atoms with Crippen molar-refractivity contribution in [2.75, 3.05) is 14.1 Å². The van der Waals surface area contributed by atoms with Gasteiger partial charge < -0.3 is 10.0 Å². The Morgan fingerprint density at radius 1 is 1.09 bits per heavy atom. The van der Waals surface area contributed by atoms with E-state index in [1.54, 1.807) is 0 Å². The van der Waals surface area contributed by atoms with E-state index in [0.717, 1.165) is 23.2 Å². The van der Waals surface area contributed by atoms with Gasteiger partial charge in [0.2, 0.25) is 0 Å². The van der Waals surface area contributed by atoms with Gasteiger partial charge in [0.1, 0.15) is 0 Å². The van der Waals surface area contributed by atoms with E-state index < -0.39 is 5.97 Å². The topological polar surface area (TPSA) is 40.5 Å². The van der Waals surface area contributed by atoms with E-state index in [0.29, 0.717) is 0 Å². The molecule has 0 radical (unpaired) electrons. The van der Waals surface area contributed by atoms with E-state index in [1.807, 2.05) is 19.1 Å². The van der Waals surface area contributed by atoms with Gasteiger partial charge in [-0.25, -0.2) is 0 Å².